The van der Waals surface area contributed by atoms with Crippen molar-refractivity contribution in [1.82, 2.24) is 14.9 Å². The highest BCUT2D eigenvalue weighted by Crippen LogP contribution is 2.22. The molecule has 0 bridgehead atoms. The second-order valence-corrected chi connectivity index (χ2v) is 7.29. The van der Waals surface area contributed by atoms with Crippen LogP contribution in [0.5, 0.6) is 0 Å². The van der Waals surface area contributed by atoms with Crippen LogP contribution in [-0.2, 0) is 5.75 Å². The molecule has 6 nitrogen and oxygen atoms in total. The summed E-state index contributed by atoms with van der Waals surface area (Å²) in [6, 6.07) is 14.6. The number of hydrogen-bond donors (Lipinski definition) is 1. The Balaban J connectivity index is 1.72. The summed E-state index contributed by atoms with van der Waals surface area (Å²) in [6.45, 7) is 1.83. The standard InChI is InChI=1S/C18H15BrN4O2S/c1-12-21-22-18(26-11-14-4-8-16(19)9-5-14)23(12)20-10-13-2-6-15(7-3-13)17(24)25/h2-10H,11H2,1H3,(H,24,25)/b20-10+. The summed E-state index contributed by atoms with van der Waals surface area (Å²) in [7, 11) is 0. The van der Waals surface area contributed by atoms with E-state index in [-0.39, 0.29) is 5.56 Å². The van der Waals surface area contributed by atoms with E-state index in [1.165, 1.54) is 5.56 Å². The van der Waals surface area contributed by atoms with Crippen molar-refractivity contribution in [1.29, 1.82) is 0 Å². The number of halogens is 1. The highest BCUT2D eigenvalue weighted by atomic mass is 79.9. The van der Waals surface area contributed by atoms with E-state index in [2.05, 4.69) is 43.4 Å². The molecule has 0 radical (unpaired) electrons. The number of carboxylic acid groups (broad SMARTS) is 1. The van der Waals surface area contributed by atoms with Gasteiger partial charge in [0.25, 0.3) is 0 Å². The topological polar surface area (TPSA) is 80.4 Å². The minimum absolute atomic E-state index is 0.244. The lowest BCUT2D eigenvalue weighted by Crippen LogP contribution is -1.98. The highest BCUT2D eigenvalue weighted by Gasteiger charge is 2.09. The van der Waals surface area contributed by atoms with E-state index in [0.717, 1.165) is 15.8 Å². The SMILES string of the molecule is Cc1nnc(SCc2ccc(Br)cc2)n1/N=C/c1ccc(C(=O)O)cc1. The number of hydrogen-bond acceptors (Lipinski definition) is 5. The molecule has 0 aliphatic heterocycles. The quantitative estimate of drug-likeness (QED) is 0.467. The molecule has 26 heavy (non-hydrogen) atoms. The van der Waals surface area contributed by atoms with E-state index in [0.29, 0.717) is 11.0 Å². The number of carboxylic acids is 1. The van der Waals surface area contributed by atoms with Gasteiger partial charge >= 0.3 is 5.97 Å². The van der Waals surface area contributed by atoms with Crippen LogP contribution in [-0.4, -0.2) is 32.2 Å². The molecule has 0 spiro atoms. The van der Waals surface area contributed by atoms with Crippen LogP contribution < -0.4 is 0 Å². The Hall–Kier alpha value is -2.45. The number of thioether (sulfide) groups is 1. The van der Waals surface area contributed by atoms with Gasteiger partial charge in [-0.25, -0.2) is 4.79 Å². The molecule has 0 saturated carbocycles. The summed E-state index contributed by atoms with van der Waals surface area (Å²) in [4.78, 5) is 10.9. The Morgan fingerprint density at radius 2 is 1.88 bits per heavy atom. The molecule has 0 saturated heterocycles. The molecule has 3 aromatic rings. The number of aromatic carboxylic acids is 1. The second-order valence-electron chi connectivity index (χ2n) is 5.43. The van der Waals surface area contributed by atoms with Crippen LogP contribution in [0.3, 0.4) is 0 Å². The molecule has 2 aromatic carbocycles. The predicted octanol–water partition coefficient (Wildman–Crippen LogP) is 4.22. The molecule has 0 atom stereocenters. The van der Waals surface area contributed by atoms with Gasteiger partial charge in [-0.1, -0.05) is 52.0 Å². The van der Waals surface area contributed by atoms with Crippen LogP contribution in [0.25, 0.3) is 0 Å². The summed E-state index contributed by atoms with van der Waals surface area (Å²) >= 11 is 4.98. The van der Waals surface area contributed by atoms with Crippen LogP contribution in [0.15, 0.2) is 63.3 Å². The van der Waals surface area contributed by atoms with Crippen LogP contribution >= 0.6 is 27.7 Å². The molecular weight excluding hydrogens is 416 g/mol. The predicted molar refractivity (Wildman–Crippen MR) is 105 cm³/mol. The van der Waals surface area contributed by atoms with Crippen molar-refractivity contribution >= 4 is 39.9 Å². The van der Waals surface area contributed by atoms with Gasteiger partial charge in [0.15, 0.2) is 5.82 Å². The summed E-state index contributed by atoms with van der Waals surface area (Å²) in [5.74, 6) is 0.491. The monoisotopic (exact) mass is 430 g/mol. The molecule has 1 N–H and O–H groups in total. The van der Waals surface area contributed by atoms with Crippen molar-refractivity contribution in [3.8, 4) is 0 Å². The van der Waals surface area contributed by atoms with Crippen molar-refractivity contribution in [2.75, 3.05) is 0 Å². The molecule has 0 aliphatic carbocycles. The zero-order valence-corrected chi connectivity index (χ0v) is 16.2. The molecule has 0 amide bonds. The molecule has 132 valence electrons. The Bertz CT molecular complexity index is 937. The Morgan fingerprint density at radius 3 is 2.54 bits per heavy atom. The number of nitrogens with zero attached hydrogens (tertiary/aromatic N) is 4. The van der Waals surface area contributed by atoms with E-state index in [1.54, 1.807) is 46.9 Å². The first-order chi connectivity index (χ1) is 12.5. The van der Waals surface area contributed by atoms with Crippen LogP contribution in [0.1, 0.15) is 27.3 Å². The Kier molecular flexibility index (Phi) is 5.85. The maximum absolute atomic E-state index is 10.9. The summed E-state index contributed by atoms with van der Waals surface area (Å²) in [6.07, 6.45) is 1.66. The normalized spacial score (nSPS) is 11.2. The molecule has 8 heteroatoms. The summed E-state index contributed by atoms with van der Waals surface area (Å²) < 4.78 is 2.72. The third kappa shape index (κ3) is 4.59. The van der Waals surface area contributed by atoms with Crippen molar-refractivity contribution in [2.45, 2.75) is 17.8 Å². The van der Waals surface area contributed by atoms with Gasteiger partial charge in [0.2, 0.25) is 5.16 Å². The number of carbonyl (C=O) groups is 1. The summed E-state index contributed by atoms with van der Waals surface area (Å²) in [5, 5.41) is 22.3. The Morgan fingerprint density at radius 1 is 1.19 bits per heavy atom. The molecule has 1 heterocycles. The van der Waals surface area contributed by atoms with E-state index in [9.17, 15) is 4.79 Å². The zero-order valence-electron chi connectivity index (χ0n) is 13.8. The lowest BCUT2D eigenvalue weighted by molar-refractivity contribution is 0.0697. The van der Waals surface area contributed by atoms with Crippen molar-refractivity contribution in [3.05, 3.63) is 75.5 Å². The average molecular weight is 431 g/mol. The fourth-order valence-electron chi connectivity index (χ4n) is 2.13. The minimum atomic E-state index is -0.949. The lowest BCUT2D eigenvalue weighted by atomic mass is 10.1. The number of rotatable bonds is 6. The first-order valence-corrected chi connectivity index (χ1v) is 9.48. The van der Waals surface area contributed by atoms with Crippen molar-refractivity contribution in [3.63, 3.8) is 0 Å². The molecule has 3 rings (SSSR count). The Labute approximate surface area is 163 Å². The molecular formula is C18H15BrN4O2S. The van der Waals surface area contributed by atoms with Gasteiger partial charge in [0.05, 0.1) is 11.8 Å². The largest absolute Gasteiger partial charge is 0.478 e. The third-order valence-corrected chi connectivity index (χ3v) is 5.05. The van der Waals surface area contributed by atoms with Crippen molar-refractivity contribution < 1.29 is 9.90 Å². The van der Waals surface area contributed by atoms with Crippen molar-refractivity contribution in [2.24, 2.45) is 5.10 Å². The highest BCUT2D eigenvalue weighted by molar-refractivity contribution is 9.10. The maximum atomic E-state index is 10.9. The molecule has 1 aromatic heterocycles. The van der Waals surface area contributed by atoms with E-state index in [4.69, 9.17) is 5.11 Å². The van der Waals surface area contributed by atoms with Gasteiger partial charge in [-0.05, 0) is 42.3 Å². The van der Waals surface area contributed by atoms with E-state index >= 15 is 0 Å². The fourth-order valence-corrected chi connectivity index (χ4v) is 3.28. The van der Waals surface area contributed by atoms with Crippen LogP contribution in [0.2, 0.25) is 0 Å². The molecule has 0 fully saturated rings. The maximum Gasteiger partial charge on any atom is 0.335 e. The van der Waals surface area contributed by atoms with Gasteiger partial charge < -0.3 is 5.11 Å². The van der Waals surface area contributed by atoms with Gasteiger partial charge in [0.1, 0.15) is 0 Å². The van der Waals surface area contributed by atoms with Crippen LogP contribution in [0, 0.1) is 6.92 Å². The van der Waals surface area contributed by atoms with Gasteiger partial charge in [-0.3, -0.25) is 0 Å². The van der Waals surface area contributed by atoms with Gasteiger partial charge in [0, 0.05) is 10.2 Å². The summed E-state index contributed by atoms with van der Waals surface area (Å²) in [5.41, 5.74) is 2.22. The molecule has 0 aliphatic rings. The fraction of sp³-hybridized carbons (Fsp3) is 0.111. The minimum Gasteiger partial charge on any atom is -0.478 e. The number of aryl methyl sites for hydroxylation is 1. The van der Waals surface area contributed by atoms with Gasteiger partial charge in [-0.2, -0.15) is 9.78 Å². The smallest absolute Gasteiger partial charge is 0.335 e. The van der Waals surface area contributed by atoms with E-state index in [1.807, 2.05) is 19.1 Å². The second kappa shape index (κ2) is 8.29. The van der Waals surface area contributed by atoms with Gasteiger partial charge in [-0.15, -0.1) is 10.2 Å². The first-order valence-electron chi connectivity index (χ1n) is 7.70. The molecule has 0 unspecified atom stereocenters. The number of aromatic nitrogens is 3. The number of benzene rings is 2. The van der Waals surface area contributed by atoms with Crippen LogP contribution in [0.4, 0.5) is 0 Å². The zero-order chi connectivity index (χ0) is 18.5. The lowest BCUT2D eigenvalue weighted by Gasteiger charge is -2.03. The van der Waals surface area contributed by atoms with E-state index < -0.39 is 5.97 Å². The first kappa shape index (κ1) is 18.3. The average Bonchev–Trinajstić information content (AvgIpc) is 2.99. The third-order valence-electron chi connectivity index (χ3n) is 3.53.